The number of fused-ring (bicyclic) bond motifs is 1. The van der Waals surface area contributed by atoms with Crippen LogP contribution >= 0.6 is 0 Å². The monoisotopic (exact) mass is 382 g/mol. The minimum Gasteiger partial charge on any atom is -0.345 e. The summed E-state index contributed by atoms with van der Waals surface area (Å²) >= 11 is 0. The van der Waals surface area contributed by atoms with Crippen LogP contribution < -0.4 is 4.90 Å². The molecule has 27 heavy (non-hydrogen) atoms. The molecule has 1 saturated heterocycles. The number of anilines is 1. The van der Waals surface area contributed by atoms with Gasteiger partial charge in [-0.3, -0.25) is 4.79 Å². The Kier molecular flexibility index (Phi) is 4.43. The number of nitrogens with zero attached hydrogens (tertiary/aromatic N) is 6. The molecule has 0 unspecified atom stereocenters. The zero-order chi connectivity index (χ0) is 19.2. The van der Waals surface area contributed by atoms with Crippen molar-refractivity contribution in [3.8, 4) is 0 Å². The molecule has 2 aliphatic rings. The summed E-state index contributed by atoms with van der Waals surface area (Å²) in [6, 6.07) is 1.64. The fraction of sp³-hybridized carbons (Fsp3) is 0.647. The van der Waals surface area contributed by atoms with Gasteiger partial charge in [-0.2, -0.15) is 22.7 Å². The molecule has 0 atom stereocenters. The van der Waals surface area contributed by atoms with Crippen molar-refractivity contribution in [2.45, 2.75) is 38.8 Å². The number of aromatic nitrogens is 4. The quantitative estimate of drug-likeness (QED) is 0.815. The van der Waals surface area contributed by atoms with Crippen LogP contribution in [0.5, 0.6) is 0 Å². The lowest BCUT2D eigenvalue weighted by Crippen LogP contribution is -2.52. The summed E-state index contributed by atoms with van der Waals surface area (Å²) in [5, 5.41) is 3.58. The second-order valence-corrected chi connectivity index (χ2v) is 7.31. The molecule has 1 aliphatic carbocycles. The highest BCUT2D eigenvalue weighted by Gasteiger charge is 2.37. The molecule has 2 aromatic rings. The normalized spacial score (nSPS) is 19.5. The van der Waals surface area contributed by atoms with Crippen molar-refractivity contribution in [2.75, 3.05) is 31.1 Å². The van der Waals surface area contributed by atoms with E-state index in [0.29, 0.717) is 30.5 Å². The average Bonchev–Trinajstić information content (AvgIpc) is 3.24. The van der Waals surface area contributed by atoms with Gasteiger partial charge in [0.25, 0.3) is 11.6 Å². The lowest BCUT2D eigenvalue weighted by molar-refractivity contribution is -0.144. The molecule has 0 N–H and O–H groups in total. The fourth-order valence-electron chi connectivity index (χ4n) is 3.91. The average molecular weight is 382 g/mol. The smallest absolute Gasteiger partial charge is 0.345 e. The van der Waals surface area contributed by atoms with Gasteiger partial charge >= 0.3 is 6.18 Å². The van der Waals surface area contributed by atoms with Crippen LogP contribution in [0, 0.1) is 12.8 Å². The molecular formula is C17H21F3N6O. The number of hydrogen-bond acceptors (Lipinski definition) is 5. The molecule has 2 aromatic heterocycles. The summed E-state index contributed by atoms with van der Waals surface area (Å²) in [7, 11) is 0. The zero-order valence-electron chi connectivity index (χ0n) is 15.0. The lowest BCUT2D eigenvalue weighted by Gasteiger charge is -2.36. The third-order valence-electron chi connectivity index (χ3n) is 5.27. The lowest BCUT2D eigenvalue weighted by atomic mass is 10.1. The van der Waals surface area contributed by atoms with Crippen molar-refractivity contribution < 1.29 is 18.0 Å². The molecule has 0 bridgehead atoms. The van der Waals surface area contributed by atoms with E-state index in [1.807, 2.05) is 4.90 Å². The largest absolute Gasteiger partial charge is 0.453 e. The number of carbonyl (C=O) groups excluding carboxylic acids is 1. The van der Waals surface area contributed by atoms with Gasteiger partial charge in [0.05, 0.1) is 6.54 Å². The molecule has 1 saturated carbocycles. The highest BCUT2D eigenvalue weighted by Crippen LogP contribution is 2.29. The molecule has 2 fully saturated rings. The Morgan fingerprint density at radius 1 is 1.19 bits per heavy atom. The summed E-state index contributed by atoms with van der Waals surface area (Å²) < 4.78 is 40.0. The Bertz CT molecular complexity index is 858. The second-order valence-electron chi connectivity index (χ2n) is 7.31. The van der Waals surface area contributed by atoms with Gasteiger partial charge in [0.15, 0.2) is 0 Å². The van der Waals surface area contributed by atoms with Gasteiger partial charge in [-0.05, 0) is 25.7 Å². The SMILES string of the molecule is Cc1cc(N2CCN(CC3CCCC3)C(=O)C2)n2nc(C(F)(F)F)nc2n1. The molecule has 1 aliphatic heterocycles. The molecule has 3 heterocycles. The number of halogens is 3. The third kappa shape index (κ3) is 3.57. The minimum atomic E-state index is -4.64. The topological polar surface area (TPSA) is 66.6 Å². The first-order chi connectivity index (χ1) is 12.8. The molecule has 146 valence electrons. The highest BCUT2D eigenvalue weighted by atomic mass is 19.4. The van der Waals surface area contributed by atoms with Crippen molar-refractivity contribution in [1.29, 1.82) is 0 Å². The molecule has 1 amide bonds. The number of rotatable bonds is 3. The van der Waals surface area contributed by atoms with E-state index in [1.165, 1.54) is 12.8 Å². The number of amides is 1. The standard InChI is InChI=1S/C17H21F3N6O/c1-11-8-13(26-16(21-11)22-15(23-26)17(18,19)20)24-6-7-25(14(27)10-24)9-12-4-2-3-5-12/h8,12H,2-7,9-10H2,1H3. The fourth-order valence-corrected chi connectivity index (χ4v) is 3.91. The van der Waals surface area contributed by atoms with E-state index in [2.05, 4.69) is 15.1 Å². The third-order valence-corrected chi connectivity index (χ3v) is 5.27. The highest BCUT2D eigenvalue weighted by molar-refractivity contribution is 5.82. The summed E-state index contributed by atoms with van der Waals surface area (Å²) in [5.41, 5.74) is 0.527. The maximum absolute atomic E-state index is 13.0. The van der Waals surface area contributed by atoms with E-state index in [0.717, 1.165) is 23.9 Å². The molecule has 4 rings (SSSR count). The first kappa shape index (κ1) is 18.0. The van der Waals surface area contributed by atoms with E-state index in [4.69, 9.17) is 0 Å². The Morgan fingerprint density at radius 3 is 2.59 bits per heavy atom. The Labute approximate surface area is 154 Å². The van der Waals surface area contributed by atoms with Crippen LogP contribution in [0.3, 0.4) is 0 Å². The van der Waals surface area contributed by atoms with Gasteiger partial charge in [0, 0.05) is 31.4 Å². The Balaban J connectivity index is 1.57. The number of alkyl halides is 3. The van der Waals surface area contributed by atoms with Crippen LogP contribution in [-0.4, -0.2) is 56.6 Å². The van der Waals surface area contributed by atoms with Gasteiger partial charge in [-0.15, -0.1) is 5.10 Å². The number of aryl methyl sites for hydroxylation is 1. The Morgan fingerprint density at radius 2 is 1.93 bits per heavy atom. The van der Waals surface area contributed by atoms with E-state index < -0.39 is 12.0 Å². The summed E-state index contributed by atoms with van der Waals surface area (Å²) in [6.07, 6.45) is 0.129. The maximum atomic E-state index is 13.0. The van der Waals surface area contributed by atoms with Crippen LogP contribution in [-0.2, 0) is 11.0 Å². The number of piperazine rings is 1. The second kappa shape index (κ2) is 6.65. The molecule has 10 heteroatoms. The van der Waals surface area contributed by atoms with Gasteiger partial charge in [-0.25, -0.2) is 4.98 Å². The number of carbonyl (C=O) groups is 1. The molecule has 7 nitrogen and oxygen atoms in total. The van der Waals surface area contributed by atoms with Gasteiger partial charge in [0.1, 0.15) is 5.82 Å². The van der Waals surface area contributed by atoms with E-state index in [-0.39, 0.29) is 18.2 Å². The minimum absolute atomic E-state index is 0.00748. The maximum Gasteiger partial charge on any atom is 0.453 e. The first-order valence-electron chi connectivity index (χ1n) is 9.15. The molecule has 0 spiro atoms. The number of hydrogen-bond donors (Lipinski definition) is 0. The van der Waals surface area contributed by atoms with Crippen LogP contribution in [0.25, 0.3) is 5.78 Å². The molecule has 0 aromatic carbocycles. The molecular weight excluding hydrogens is 361 g/mol. The van der Waals surface area contributed by atoms with Crippen molar-refractivity contribution in [3.05, 3.63) is 17.6 Å². The zero-order valence-corrected chi connectivity index (χ0v) is 15.0. The Hall–Kier alpha value is -2.39. The predicted molar refractivity (Wildman–Crippen MR) is 91.3 cm³/mol. The van der Waals surface area contributed by atoms with Crippen LogP contribution in [0.1, 0.15) is 37.2 Å². The van der Waals surface area contributed by atoms with Gasteiger partial charge in [-0.1, -0.05) is 12.8 Å². The molecule has 0 radical (unpaired) electrons. The predicted octanol–water partition coefficient (Wildman–Crippen LogP) is 2.29. The van der Waals surface area contributed by atoms with Crippen molar-refractivity contribution in [2.24, 2.45) is 5.92 Å². The van der Waals surface area contributed by atoms with Crippen LogP contribution in [0.4, 0.5) is 19.0 Å². The van der Waals surface area contributed by atoms with E-state index in [1.54, 1.807) is 17.9 Å². The summed E-state index contributed by atoms with van der Waals surface area (Å²) in [5.74, 6) is -0.368. The van der Waals surface area contributed by atoms with Crippen LogP contribution in [0.15, 0.2) is 6.07 Å². The first-order valence-corrected chi connectivity index (χ1v) is 9.15. The van der Waals surface area contributed by atoms with E-state index in [9.17, 15) is 18.0 Å². The van der Waals surface area contributed by atoms with Gasteiger partial charge < -0.3 is 9.80 Å². The van der Waals surface area contributed by atoms with E-state index >= 15 is 0 Å². The van der Waals surface area contributed by atoms with Crippen molar-refractivity contribution in [3.63, 3.8) is 0 Å². The van der Waals surface area contributed by atoms with Crippen LogP contribution in [0.2, 0.25) is 0 Å². The van der Waals surface area contributed by atoms with Crippen molar-refractivity contribution >= 4 is 17.5 Å². The summed E-state index contributed by atoms with van der Waals surface area (Å²) in [6.45, 7) is 3.67. The van der Waals surface area contributed by atoms with Crippen molar-refractivity contribution in [1.82, 2.24) is 24.5 Å². The van der Waals surface area contributed by atoms with Gasteiger partial charge in [0.2, 0.25) is 5.91 Å². The summed E-state index contributed by atoms with van der Waals surface area (Å²) in [4.78, 5) is 23.8.